The fraction of sp³-hybridized carbons (Fsp3) is 0.200. The molecule has 27 heavy (non-hydrogen) atoms. The Morgan fingerprint density at radius 2 is 1.70 bits per heavy atom. The van der Waals surface area contributed by atoms with Crippen LogP contribution in [0.5, 0.6) is 0 Å². The lowest BCUT2D eigenvalue weighted by molar-refractivity contribution is -0.123. The second-order valence-electron chi connectivity index (χ2n) is 6.11. The van der Waals surface area contributed by atoms with Crippen LogP contribution in [0.1, 0.15) is 28.7 Å². The third-order valence-corrected chi connectivity index (χ3v) is 4.10. The average Bonchev–Trinajstić information content (AvgIpc) is 2.64. The topological polar surface area (TPSA) is 81.2 Å². The third kappa shape index (κ3) is 4.08. The van der Waals surface area contributed by atoms with Gasteiger partial charge in [0.2, 0.25) is 0 Å². The van der Waals surface area contributed by atoms with Crippen LogP contribution < -0.4 is 5.32 Å². The van der Waals surface area contributed by atoms with E-state index in [2.05, 4.69) is 15.3 Å². The molecule has 0 saturated heterocycles. The number of halogens is 1. The van der Waals surface area contributed by atoms with Crippen molar-refractivity contribution in [2.24, 2.45) is 0 Å². The molecule has 1 N–H and O–H groups in total. The van der Waals surface area contributed by atoms with E-state index in [-0.39, 0.29) is 11.3 Å². The minimum absolute atomic E-state index is 0.0252. The highest BCUT2D eigenvalue weighted by molar-refractivity contribution is 5.98. The number of ether oxygens (including phenoxy) is 1. The van der Waals surface area contributed by atoms with Gasteiger partial charge in [-0.25, -0.2) is 19.2 Å². The minimum atomic E-state index is -1.10. The highest BCUT2D eigenvalue weighted by Crippen LogP contribution is 2.17. The standard InChI is InChI=1S/C20H18FN3O3/c1-11-12(2)23-18-10-14(8-9-17(18)22-11)20(26)27-13(3)19(25)24-16-7-5-4-6-15(16)21/h4-10,13H,1-3H3,(H,24,25). The van der Waals surface area contributed by atoms with Crippen molar-refractivity contribution in [1.29, 1.82) is 0 Å². The molecule has 0 fully saturated rings. The fourth-order valence-electron chi connectivity index (χ4n) is 2.44. The number of rotatable bonds is 4. The zero-order chi connectivity index (χ0) is 19.6. The predicted molar refractivity (Wildman–Crippen MR) is 98.9 cm³/mol. The van der Waals surface area contributed by atoms with E-state index < -0.39 is 23.8 Å². The summed E-state index contributed by atoms with van der Waals surface area (Å²) in [5.74, 6) is -1.86. The van der Waals surface area contributed by atoms with Crippen molar-refractivity contribution in [3.63, 3.8) is 0 Å². The van der Waals surface area contributed by atoms with E-state index in [9.17, 15) is 14.0 Å². The number of nitrogens with one attached hydrogen (secondary N) is 1. The van der Waals surface area contributed by atoms with Gasteiger partial charge in [0.25, 0.3) is 5.91 Å². The second kappa shape index (κ2) is 7.49. The Bertz CT molecular complexity index is 1040. The van der Waals surface area contributed by atoms with E-state index in [1.54, 1.807) is 24.3 Å². The van der Waals surface area contributed by atoms with Crippen LogP contribution in [-0.4, -0.2) is 27.9 Å². The van der Waals surface area contributed by atoms with Crippen LogP contribution in [0.25, 0.3) is 11.0 Å². The Morgan fingerprint density at radius 3 is 2.41 bits per heavy atom. The Balaban J connectivity index is 1.72. The minimum Gasteiger partial charge on any atom is -0.449 e. The van der Waals surface area contributed by atoms with Gasteiger partial charge in [-0.05, 0) is 51.1 Å². The molecule has 138 valence electrons. The molecule has 0 bridgehead atoms. The molecular weight excluding hydrogens is 349 g/mol. The lowest BCUT2D eigenvalue weighted by atomic mass is 10.2. The summed E-state index contributed by atoms with van der Waals surface area (Å²) in [5, 5.41) is 2.40. The first-order valence-electron chi connectivity index (χ1n) is 8.36. The first kappa shape index (κ1) is 18.4. The molecule has 0 spiro atoms. The highest BCUT2D eigenvalue weighted by atomic mass is 19.1. The SMILES string of the molecule is Cc1nc2ccc(C(=O)OC(C)C(=O)Nc3ccccc3F)cc2nc1C. The molecule has 0 aliphatic heterocycles. The summed E-state index contributed by atoms with van der Waals surface area (Å²) in [5.41, 5.74) is 3.10. The molecule has 3 rings (SSSR count). The molecule has 6 nitrogen and oxygen atoms in total. The van der Waals surface area contributed by atoms with E-state index in [0.29, 0.717) is 11.0 Å². The molecular formula is C20H18FN3O3. The zero-order valence-corrected chi connectivity index (χ0v) is 15.1. The maximum atomic E-state index is 13.6. The van der Waals surface area contributed by atoms with Gasteiger partial charge >= 0.3 is 5.97 Å². The van der Waals surface area contributed by atoms with Crippen molar-refractivity contribution in [2.45, 2.75) is 26.9 Å². The lowest BCUT2D eigenvalue weighted by Gasteiger charge is -2.14. The van der Waals surface area contributed by atoms with E-state index in [1.807, 2.05) is 13.8 Å². The monoisotopic (exact) mass is 367 g/mol. The summed E-state index contributed by atoms with van der Waals surface area (Å²) in [6.45, 7) is 5.12. The summed E-state index contributed by atoms with van der Waals surface area (Å²) in [7, 11) is 0. The van der Waals surface area contributed by atoms with Crippen LogP contribution in [0.3, 0.4) is 0 Å². The molecule has 7 heteroatoms. The van der Waals surface area contributed by atoms with Crippen LogP contribution in [-0.2, 0) is 9.53 Å². The van der Waals surface area contributed by atoms with Gasteiger partial charge in [0, 0.05) is 0 Å². The smallest absolute Gasteiger partial charge is 0.338 e. The van der Waals surface area contributed by atoms with E-state index >= 15 is 0 Å². The number of anilines is 1. The largest absolute Gasteiger partial charge is 0.449 e. The number of esters is 1. The average molecular weight is 367 g/mol. The number of hydrogen-bond donors (Lipinski definition) is 1. The molecule has 1 heterocycles. The number of aromatic nitrogens is 2. The van der Waals surface area contributed by atoms with Gasteiger partial charge in [-0.15, -0.1) is 0 Å². The third-order valence-electron chi connectivity index (χ3n) is 4.10. The van der Waals surface area contributed by atoms with Crippen LogP contribution in [0, 0.1) is 19.7 Å². The highest BCUT2D eigenvalue weighted by Gasteiger charge is 2.20. The van der Waals surface area contributed by atoms with Gasteiger partial charge in [0.1, 0.15) is 5.82 Å². The summed E-state index contributed by atoms with van der Waals surface area (Å²) in [4.78, 5) is 33.3. The first-order chi connectivity index (χ1) is 12.8. The predicted octanol–water partition coefficient (Wildman–Crippen LogP) is 3.57. The zero-order valence-electron chi connectivity index (χ0n) is 15.1. The molecule has 3 aromatic rings. The Kier molecular flexibility index (Phi) is 5.12. The van der Waals surface area contributed by atoms with Crippen molar-refractivity contribution in [1.82, 2.24) is 9.97 Å². The molecule has 0 saturated carbocycles. The number of nitrogens with zero attached hydrogens (tertiary/aromatic N) is 2. The Hall–Kier alpha value is -3.35. The summed E-state index contributed by atoms with van der Waals surface area (Å²) < 4.78 is 18.8. The number of carbonyl (C=O) groups excluding carboxylic acids is 2. The van der Waals surface area contributed by atoms with Crippen molar-refractivity contribution < 1.29 is 18.7 Å². The summed E-state index contributed by atoms with van der Waals surface area (Å²) in [6, 6.07) is 10.6. The number of carbonyl (C=O) groups is 2. The number of aryl methyl sites for hydroxylation is 2. The van der Waals surface area contributed by atoms with E-state index in [1.165, 1.54) is 25.1 Å². The van der Waals surface area contributed by atoms with Gasteiger partial charge in [0.05, 0.1) is 33.7 Å². The normalized spacial score (nSPS) is 11.9. The molecule has 0 aliphatic rings. The number of benzene rings is 2. The van der Waals surface area contributed by atoms with Crippen molar-refractivity contribution in [2.75, 3.05) is 5.32 Å². The summed E-state index contributed by atoms with van der Waals surface area (Å²) >= 11 is 0. The quantitative estimate of drug-likeness (QED) is 0.713. The molecule has 1 atom stereocenters. The van der Waals surface area contributed by atoms with Crippen LogP contribution >= 0.6 is 0 Å². The molecule has 1 amide bonds. The fourth-order valence-corrected chi connectivity index (χ4v) is 2.44. The van der Waals surface area contributed by atoms with Crippen molar-refractivity contribution in [3.8, 4) is 0 Å². The lowest BCUT2D eigenvalue weighted by Crippen LogP contribution is -2.30. The molecule has 0 aliphatic carbocycles. The molecule has 0 radical (unpaired) electrons. The second-order valence-corrected chi connectivity index (χ2v) is 6.11. The number of hydrogen-bond acceptors (Lipinski definition) is 5. The Labute approximate surface area is 155 Å². The van der Waals surface area contributed by atoms with Gasteiger partial charge < -0.3 is 10.1 Å². The van der Waals surface area contributed by atoms with E-state index in [0.717, 1.165) is 11.4 Å². The van der Waals surface area contributed by atoms with Crippen molar-refractivity contribution in [3.05, 3.63) is 65.2 Å². The van der Waals surface area contributed by atoms with Gasteiger partial charge in [0.15, 0.2) is 6.10 Å². The maximum absolute atomic E-state index is 13.6. The molecule has 2 aromatic carbocycles. The molecule has 1 aromatic heterocycles. The van der Waals surface area contributed by atoms with Gasteiger partial charge in [-0.1, -0.05) is 12.1 Å². The van der Waals surface area contributed by atoms with Crippen LogP contribution in [0.15, 0.2) is 42.5 Å². The maximum Gasteiger partial charge on any atom is 0.338 e. The summed E-state index contributed by atoms with van der Waals surface area (Å²) in [6.07, 6.45) is -1.10. The van der Waals surface area contributed by atoms with E-state index in [4.69, 9.17) is 4.74 Å². The number of para-hydroxylation sites is 1. The van der Waals surface area contributed by atoms with Crippen LogP contribution in [0.2, 0.25) is 0 Å². The number of amides is 1. The Morgan fingerprint density at radius 1 is 1.04 bits per heavy atom. The number of fused-ring (bicyclic) bond motifs is 1. The van der Waals surface area contributed by atoms with Gasteiger partial charge in [-0.2, -0.15) is 0 Å². The molecule has 1 unspecified atom stereocenters. The van der Waals surface area contributed by atoms with Crippen molar-refractivity contribution >= 4 is 28.6 Å². The first-order valence-corrected chi connectivity index (χ1v) is 8.36. The van der Waals surface area contributed by atoms with Crippen LogP contribution in [0.4, 0.5) is 10.1 Å². The van der Waals surface area contributed by atoms with Gasteiger partial charge in [-0.3, -0.25) is 4.79 Å².